The van der Waals surface area contributed by atoms with Crippen LogP contribution in [-0.2, 0) is 9.53 Å². The number of fused-ring (bicyclic) bond motifs is 1. The number of hydrogen-bond acceptors (Lipinski definition) is 7. The molecule has 36 heavy (non-hydrogen) atoms. The van der Waals surface area contributed by atoms with Gasteiger partial charge in [0.1, 0.15) is 6.61 Å². The number of ether oxygens (including phenoxy) is 4. The quantitative estimate of drug-likeness (QED) is 0.301. The Kier molecular flexibility index (Phi) is 9.15. The average Bonchev–Trinajstić information content (AvgIpc) is 3.54. The largest absolute Gasteiger partial charge is 0.460 e. The zero-order valence-electron chi connectivity index (χ0n) is 21.0. The number of carbonyl (C=O) groups is 1. The smallest absolute Gasteiger partial charge is 0.336 e. The molecule has 1 N–H and O–H groups in total. The van der Waals surface area contributed by atoms with Gasteiger partial charge >= 0.3 is 6.01 Å². The van der Waals surface area contributed by atoms with Crippen LogP contribution in [0.5, 0.6) is 17.5 Å². The van der Waals surface area contributed by atoms with Gasteiger partial charge in [-0.1, -0.05) is 32.6 Å². The molecule has 192 valence electrons. The molecular weight excluding hydrogens is 460 g/mol. The molecule has 0 saturated carbocycles. The first-order valence-corrected chi connectivity index (χ1v) is 12.7. The fourth-order valence-electron chi connectivity index (χ4n) is 3.89. The number of anilines is 1. The number of carbonyl (C=O) groups excluding carboxylic acids is 1. The van der Waals surface area contributed by atoms with E-state index in [0.29, 0.717) is 43.6 Å². The van der Waals surface area contributed by atoms with E-state index in [1.807, 2.05) is 49.4 Å². The lowest BCUT2D eigenvalue weighted by Gasteiger charge is -2.09. The number of amides is 1. The first-order chi connectivity index (χ1) is 17.7. The average molecular weight is 495 g/mol. The van der Waals surface area contributed by atoms with Gasteiger partial charge in [-0.05, 0) is 55.8 Å². The second-order valence-corrected chi connectivity index (χ2v) is 8.50. The van der Waals surface area contributed by atoms with E-state index in [1.165, 1.54) is 19.3 Å². The molecule has 3 aromatic rings. The number of rotatable bonds is 14. The maximum absolute atomic E-state index is 12.3. The second kappa shape index (κ2) is 12.9. The number of aromatic nitrogens is 3. The molecule has 1 aliphatic rings. The van der Waals surface area contributed by atoms with Gasteiger partial charge < -0.3 is 24.3 Å². The van der Waals surface area contributed by atoms with Crippen LogP contribution in [0.25, 0.3) is 17.1 Å². The molecule has 1 aliphatic heterocycles. The molecular formula is C27H34N4O5. The third-order valence-corrected chi connectivity index (χ3v) is 5.78. The predicted molar refractivity (Wildman–Crippen MR) is 137 cm³/mol. The van der Waals surface area contributed by atoms with Gasteiger partial charge in [-0.3, -0.25) is 4.79 Å². The number of hydrogen-bond donors (Lipinski definition) is 1. The molecule has 2 heterocycles. The van der Waals surface area contributed by atoms with Crippen molar-refractivity contribution in [2.24, 2.45) is 0 Å². The minimum atomic E-state index is 0.0334. The molecule has 2 aromatic carbocycles. The lowest BCUT2D eigenvalue weighted by atomic mass is 10.1. The molecule has 1 amide bonds. The highest BCUT2D eigenvalue weighted by atomic mass is 16.7. The molecule has 0 aliphatic carbocycles. The van der Waals surface area contributed by atoms with Crippen LogP contribution in [-0.4, -0.2) is 47.3 Å². The van der Waals surface area contributed by atoms with Gasteiger partial charge in [0.2, 0.25) is 12.7 Å². The summed E-state index contributed by atoms with van der Waals surface area (Å²) in [5, 5.41) is 7.55. The number of nitrogens with one attached hydrogen (secondary N) is 1. The Morgan fingerprint density at radius 3 is 2.61 bits per heavy atom. The Morgan fingerprint density at radius 1 is 1.00 bits per heavy atom. The second-order valence-electron chi connectivity index (χ2n) is 8.50. The van der Waals surface area contributed by atoms with Crippen LogP contribution in [0.3, 0.4) is 0 Å². The van der Waals surface area contributed by atoms with Crippen molar-refractivity contribution in [3.63, 3.8) is 0 Å². The van der Waals surface area contributed by atoms with Gasteiger partial charge in [0.15, 0.2) is 17.3 Å². The Morgan fingerprint density at radius 2 is 1.81 bits per heavy atom. The van der Waals surface area contributed by atoms with Gasteiger partial charge in [0.25, 0.3) is 0 Å². The maximum Gasteiger partial charge on any atom is 0.336 e. The first-order valence-electron chi connectivity index (χ1n) is 12.7. The Labute approximate surface area is 211 Å². The van der Waals surface area contributed by atoms with Gasteiger partial charge in [-0.25, -0.2) is 4.68 Å². The molecule has 0 unspecified atom stereocenters. The lowest BCUT2D eigenvalue weighted by Crippen LogP contribution is -2.11. The summed E-state index contributed by atoms with van der Waals surface area (Å²) in [5.74, 6) is 1.99. The van der Waals surface area contributed by atoms with E-state index in [0.717, 1.165) is 29.8 Å². The third kappa shape index (κ3) is 6.75. The Balaban J connectivity index is 1.48. The van der Waals surface area contributed by atoms with Crippen LogP contribution in [0, 0.1) is 0 Å². The minimum Gasteiger partial charge on any atom is -0.460 e. The van der Waals surface area contributed by atoms with E-state index in [9.17, 15) is 4.79 Å². The maximum atomic E-state index is 12.3. The van der Waals surface area contributed by atoms with Gasteiger partial charge in [-0.2, -0.15) is 4.98 Å². The zero-order valence-corrected chi connectivity index (χ0v) is 21.0. The topological polar surface area (TPSA) is 96.7 Å². The SMILES string of the molecule is CCCCCCCC(=O)Nc1ccc(-n2nc(OCCOCC)nc2-c2ccc3c(c2)OCO3)cc1. The number of benzene rings is 2. The number of unbranched alkanes of at least 4 members (excludes halogenated alkanes) is 4. The predicted octanol–water partition coefficient (Wildman–Crippen LogP) is 5.38. The van der Waals surface area contributed by atoms with Crippen molar-refractivity contribution in [3.8, 4) is 34.6 Å². The highest BCUT2D eigenvalue weighted by Gasteiger charge is 2.19. The Hall–Kier alpha value is -3.59. The highest BCUT2D eigenvalue weighted by Crippen LogP contribution is 2.36. The standard InChI is InChI=1S/C27H34N4O5/c1-3-5-6-7-8-9-25(32)28-21-11-13-22(14-12-21)31-26(29-27(30-31)34-17-16-33-4-2)20-10-15-23-24(18-20)36-19-35-23/h10-15,18H,3-9,16-17,19H2,1-2H3,(H,28,32). The molecule has 0 spiro atoms. The van der Waals surface area contributed by atoms with E-state index in [-0.39, 0.29) is 18.7 Å². The lowest BCUT2D eigenvalue weighted by molar-refractivity contribution is -0.116. The minimum absolute atomic E-state index is 0.0334. The van der Waals surface area contributed by atoms with Crippen LogP contribution in [0.15, 0.2) is 42.5 Å². The van der Waals surface area contributed by atoms with Crippen molar-refractivity contribution >= 4 is 11.6 Å². The Bertz CT molecular complexity index is 1130. The summed E-state index contributed by atoms with van der Waals surface area (Å²) in [6.07, 6.45) is 6.13. The molecule has 1 aromatic heterocycles. The van der Waals surface area contributed by atoms with Crippen LogP contribution in [0.2, 0.25) is 0 Å². The van der Waals surface area contributed by atoms with Crippen molar-refractivity contribution in [2.75, 3.05) is 31.9 Å². The van der Waals surface area contributed by atoms with Crippen LogP contribution >= 0.6 is 0 Å². The van der Waals surface area contributed by atoms with Crippen molar-refractivity contribution in [3.05, 3.63) is 42.5 Å². The van der Waals surface area contributed by atoms with Crippen molar-refractivity contribution in [1.29, 1.82) is 0 Å². The van der Waals surface area contributed by atoms with Crippen LogP contribution in [0.4, 0.5) is 5.69 Å². The van der Waals surface area contributed by atoms with Crippen molar-refractivity contribution < 1.29 is 23.7 Å². The monoisotopic (exact) mass is 494 g/mol. The van der Waals surface area contributed by atoms with Crippen molar-refractivity contribution in [2.45, 2.75) is 52.4 Å². The van der Waals surface area contributed by atoms with E-state index in [1.54, 1.807) is 4.68 Å². The third-order valence-electron chi connectivity index (χ3n) is 5.78. The van der Waals surface area contributed by atoms with Crippen LogP contribution < -0.4 is 19.5 Å². The molecule has 0 saturated heterocycles. The molecule has 0 fully saturated rings. The fraction of sp³-hybridized carbons (Fsp3) is 0.444. The van der Waals surface area contributed by atoms with Crippen molar-refractivity contribution in [1.82, 2.24) is 14.8 Å². The van der Waals surface area contributed by atoms with Gasteiger partial charge in [0, 0.05) is 24.3 Å². The summed E-state index contributed by atoms with van der Waals surface area (Å²) in [4.78, 5) is 16.9. The first kappa shape index (κ1) is 25.5. The summed E-state index contributed by atoms with van der Waals surface area (Å²) in [6, 6.07) is 13.4. The molecule has 9 nitrogen and oxygen atoms in total. The van der Waals surface area contributed by atoms with Gasteiger partial charge in [-0.15, -0.1) is 5.10 Å². The molecule has 0 bridgehead atoms. The fourth-order valence-corrected chi connectivity index (χ4v) is 3.89. The van der Waals surface area contributed by atoms with Gasteiger partial charge in [0.05, 0.1) is 12.3 Å². The number of nitrogens with zero attached hydrogens (tertiary/aromatic N) is 3. The molecule has 0 radical (unpaired) electrons. The summed E-state index contributed by atoms with van der Waals surface area (Å²) < 4.78 is 23.8. The molecule has 0 atom stereocenters. The summed E-state index contributed by atoms with van der Waals surface area (Å²) in [6.45, 7) is 5.74. The summed E-state index contributed by atoms with van der Waals surface area (Å²) >= 11 is 0. The van der Waals surface area contributed by atoms with Crippen LogP contribution in [0.1, 0.15) is 52.4 Å². The molecule has 9 heteroatoms. The molecule has 4 rings (SSSR count). The summed E-state index contributed by atoms with van der Waals surface area (Å²) in [7, 11) is 0. The highest BCUT2D eigenvalue weighted by molar-refractivity contribution is 5.90. The zero-order chi connectivity index (χ0) is 25.2. The summed E-state index contributed by atoms with van der Waals surface area (Å²) in [5.41, 5.74) is 2.34. The normalized spacial score (nSPS) is 12.1. The van der Waals surface area contributed by atoms with E-state index < -0.39 is 0 Å². The van der Waals surface area contributed by atoms with E-state index >= 15 is 0 Å². The van der Waals surface area contributed by atoms with E-state index in [2.05, 4.69) is 22.3 Å². The van der Waals surface area contributed by atoms with E-state index in [4.69, 9.17) is 18.9 Å².